The van der Waals surface area contributed by atoms with Gasteiger partial charge in [-0.1, -0.05) is 103 Å². The van der Waals surface area contributed by atoms with Gasteiger partial charge in [-0.3, -0.25) is 4.79 Å². The molecular weight excluding hydrogens is 390 g/mol. The van der Waals surface area contributed by atoms with Gasteiger partial charge in [0.2, 0.25) is 0 Å². The van der Waals surface area contributed by atoms with Crippen LogP contribution in [0.25, 0.3) is 0 Å². The Morgan fingerprint density at radius 1 is 0.633 bits per heavy atom. The van der Waals surface area contributed by atoms with Crippen molar-refractivity contribution < 1.29 is 4.79 Å². The molecule has 0 fully saturated rings. The van der Waals surface area contributed by atoms with E-state index in [0.29, 0.717) is 10.6 Å². The minimum Gasteiger partial charge on any atom is -0.377 e. The Hall–Kier alpha value is -3.36. The molecule has 0 spiro atoms. The molecule has 2 nitrogen and oxygen atoms in total. The predicted octanol–water partition coefficient (Wildman–Crippen LogP) is 7.16. The average molecular weight is 412 g/mol. The van der Waals surface area contributed by atoms with Crippen molar-refractivity contribution in [2.75, 3.05) is 5.32 Å². The minimum absolute atomic E-state index is 0.0807. The van der Waals surface area contributed by atoms with Crippen LogP contribution in [0.3, 0.4) is 0 Å². The van der Waals surface area contributed by atoms with Gasteiger partial charge in [0.15, 0.2) is 5.78 Å². The lowest BCUT2D eigenvalue weighted by atomic mass is 9.81. The Morgan fingerprint density at radius 2 is 1.13 bits per heavy atom. The average Bonchev–Trinajstić information content (AvgIpc) is 2.82. The van der Waals surface area contributed by atoms with Crippen LogP contribution in [0.4, 0.5) is 5.69 Å². The van der Waals surface area contributed by atoms with Crippen LogP contribution in [0.1, 0.15) is 33.4 Å². The molecule has 30 heavy (non-hydrogen) atoms. The summed E-state index contributed by atoms with van der Waals surface area (Å²) in [6, 6.07) is 36.9. The van der Waals surface area contributed by atoms with Gasteiger partial charge in [-0.05, 0) is 35.4 Å². The highest BCUT2D eigenvalue weighted by Gasteiger charge is 2.31. The van der Waals surface area contributed by atoms with Gasteiger partial charge in [-0.15, -0.1) is 0 Å². The summed E-state index contributed by atoms with van der Waals surface area (Å²) in [5, 5.41) is 4.27. The van der Waals surface area contributed by atoms with E-state index >= 15 is 0 Å². The minimum atomic E-state index is -0.397. The maximum atomic E-state index is 13.7. The van der Waals surface area contributed by atoms with Gasteiger partial charge in [0.25, 0.3) is 0 Å². The number of anilines is 1. The Morgan fingerprint density at radius 3 is 1.70 bits per heavy atom. The lowest BCUT2D eigenvalue weighted by Crippen LogP contribution is -2.26. The van der Waals surface area contributed by atoms with Crippen LogP contribution in [-0.4, -0.2) is 5.78 Å². The van der Waals surface area contributed by atoms with E-state index in [2.05, 4.69) is 17.4 Å². The summed E-state index contributed by atoms with van der Waals surface area (Å²) in [7, 11) is 0. The third-order valence-electron chi connectivity index (χ3n) is 5.16. The highest BCUT2D eigenvalue weighted by Crippen LogP contribution is 2.37. The quantitative estimate of drug-likeness (QED) is 0.327. The van der Waals surface area contributed by atoms with Crippen LogP contribution in [0.15, 0.2) is 115 Å². The second-order valence-corrected chi connectivity index (χ2v) is 7.59. The summed E-state index contributed by atoms with van der Waals surface area (Å²) in [6.07, 6.45) is 0. The molecule has 0 radical (unpaired) electrons. The third-order valence-corrected chi connectivity index (χ3v) is 5.41. The first-order valence-electron chi connectivity index (χ1n) is 9.93. The van der Waals surface area contributed by atoms with Crippen LogP contribution in [0, 0.1) is 0 Å². The van der Waals surface area contributed by atoms with Gasteiger partial charge in [-0.25, -0.2) is 0 Å². The van der Waals surface area contributed by atoms with E-state index in [9.17, 15) is 4.79 Å². The molecule has 0 aliphatic heterocycles. The highest BCUT2D eigenvalue weighted by molar-refractivity contribution is 6.30. The molecule has 0 aromatic heterocycles. The van der Waals surface area contributed by atoms with Gasteiger partial charge in [-0.2, -0.15) is 0 Å². The Kier molecular flexibility index (Phi) is 6.26. The molecule has 0 amide bonds. The number of carbonyl (C=O) groups excluding carboxylic acids is 1. The van der Waals surface area contributed by atoms with Crippen LogP contribution in [0.5, 0.6) is 0 Å². The van der Waals surface area contributed by atoms with E-state index in [1.54, 1.807) is 0 Å². The lowest BCUT2D eigenvalue weighted by Gasteiger charge is -2.29. The molecule has 0 saturated heterocycles. The van der Waals surface area contributed by atoms with Gasteiger partial charge >= 0.3 is 0 Å². The second kappa shape index (κ2) is 9.43. The Balaban J connectivity index is 1.82. The first-order valence-corrected chi connectivity index (χ1v) is 10.3. The number of benzene rings is 4. The number of halogens is 1. The second-order valence-electron chi connectivity index (χ2n) is 7.16. The van der Waals surface area contributed by atoms with Crippen LogP contribution in [-0.2, 0) is 0 Å². The number of nitrogens with one attached hydrogen (secondary N) is 1. The zero-order chi connectivity index (χ0) is 20.8. The molecule has 4 rings (SSSR count). The summed E-state index contributed by atoms with van der Waals surface area (Å²) in [6.45, 7) is 0. The fraction of sp³-hybridized carbons (Fsp3) is 0.0741. The molecule has 0 saturated carbocycles. The van der Waals surface area contributed by atoms with Gasteiger partial charge in [0.1, 0.15) is 0 Å². The zero-order valence-corrected chi connectivity index (χ0v) is 17.2. The molecule has 4 aromatic rings. The molecular formula is C27H22ClNO. The number of carbonyl (C=O) groups is 1. The predicted molar refractivity (Wildman–Crippen MR) is 124 cm³/mol. The number of hydrogen-bond donors (Lipinski definition) is 1. The van der Waals surface area contributed by atoms with E-state index in [4.69, 9.17) is 11.6 Å². The summed E-state index contributed by atoms with van der Waals surface area (Å²) in [5.41, 5.74) is 3.63. The van der Waals surface area contributed by atoms with Crippen LogP contribution in [0.2, 0.25) is 5.02 Å². The topological polar surface area (TPSA) is 29.1 Å². The molecule has 0 unspecified atom stereocenters. The van der Waals surface area contributed by atoms with E-state index in [1.807, 2.05) is 103 Å². The molecule has 3 heteroatoms. The zero-order valence-electron chi connectivity index (χ0n) is 16.4. The van der Waals surface area contributed by atoms with Crippen molar-refractivity contribution in [3.05, 3.63) is 137 Å². The van der Waals surface area contributed by atoms with E-state index in [-0.39, 0.29) is 11.8 Å². The largest absolute Gasteiger partial charge is 0.377 e. The van der Waals surface area contributed by atoms with Crippen LogP contribution < -0.4 is 5.32 Å². The molecule has 1 N–H and O–H groups in total. The van der Waals surface area contributed by atoms with E-state index in [0.717, 1.165) is 16.8 Å². The van der Waals surface area contributed by atoms with Crippen molar-refractivity contribution in [1.82, 2.24) is 0 Å². The smallest absolute Gasteiger partial charge is 0.172 e. The number of hydrogen-bond acceptors (Lipinski definition) is 2. The number of ketones is 1. The number of rotatable bonds is 7. The molecule has 2 atom stereocenters. The van der Waals surface area contributed by atoms with Gasteiger partial charge < -0.3 is 5.32 Å². The lowest BCUT2D eigenvalue weighted by molar-refractivity contribution is 0.0950. The normalized spacial score (nSPS) is 12.7. The van der Waals surface area contributed by atoms with Crippen molar-refractivity contribution >= 4 is 23.1 Å². The van der Waals surface area contributed by atoms with Crippen molar-refractivity contribution in [2.24, 2.45) is 0 Å². The summed E-state index contributed by atoms with van der Waals surface area (Å²) in [4.78, 5) is 13.7. The SMILES string of the molecule is O=C(c1ccccc1)[C@@H](c1ccccc1)[C@@H](Nc1ccc(Cl)cc1)c1ccccc1. The molecule has 0 heterocycles. The molecule has 0 aliphatic rings. The molecule has 0 aliphatic carbocycles. The van der Waals surface area contributed by atoms with Gasteiger partial charge in [0, 0.05) is 16.3 Å². The summed E-state index contributed by atoms with van der Waals surface area (Å²) in [5.74, 6) is -0.316. The maximum Gasteiger partial charge on any atom is 0.172 e. The van der Waals surface area contributed by atoms with Gasteiger partial charge in [0.05, 0.1) is 12.0 Å². The Bertz CT molecular complexity index is 1080. The first kappa shape index (κ1) is 19.9. The molecule has 4 aromatic carbocycles. The summed E-state index contributed by atoms with van der Waals surface area (Å²) >= 11 is 6.07. The van der Waals surface area contributed by atoms with E-state index in [1.165, 1.54) is 0 Å². The van der Waals surface area contributed by atoms with Crippen molar-refractivity contribution in [3.63, 3.8) is 0 Å². The molecule has 148 valence electrons. The van der Waals surface area contributed by atoms with E-state index < -0.39 is 5.92 Å². The third kappa shape index (κ3) is 4.61. The first-order chi connectivity index (χ1) is 14.7. The van der Waals surface area contributed by atoms with Crippen molar-refractivity contribution in [2.45, 2.75) is 12.0 Å². The highest BCUT2D eigenvalue weighted by atomic mass is 35.5. The Labute approximate surface area is 182 Å². The van der Waals surface area contributed by atoms with Crippen molar-refractivity contribution in [1.29, 1.82) is 0 Å². The maximum absolute atomic E-state index is 13.7. The van der Waals surface area contributed by atoms with Crippen LogP contribution >= 0.6 is 11.6 Å². The molecule has 0 bridgehead atoms. The standard InChI is InChI=1S/C27H22ClNO/c28-23-16-18-24(19-17-23)29-26(21-12-6-2-7-13-21)25(20-10-4-1-5-11-20)27(30)22-14-8-3-9-15-22/h1-19,25-26,29H/t25-,26-/m0/s1. The fourth-order valence-corrected chi connectivity index (χ4v) is 3.81. The van der Waals surface area contributed by atoms with Crippen molar-refractivity contribution in [3.8, 4) is 0 Å². The fourth-order valence-electron chi connectivity index (χ4n) is 3.68. The monoisotopic (exact) mass is 411 g/mol. The number of Topliss-reactive ketones (excluding diaryl/α,β-unsaturated/α-hetero) is 1. The summed E-state index contributed by atoms with van der Waals surface area (Å²) < 4.78 is 0.